The Hall–Kier alpha value is -1.05. The fourth-order valence-electron chi connectivity index (χ4n) is 3.52. The first-order valence-electron chi connectivity index (χ1n) is 10.9. The lowest BCUT2D eigenvalue weighted by Gasteiger charge is -2.03. The van der Waals surface area contributed by atoms with Gasteiger partial charge in [0, 0.05) is 5.56 Å². The normalized spacial score (nSPS) is 11.1. The minimum absolute atomic E-state index is 0.515. The highest BCUT2D eigenvalue weighted by molar-refractivity contribution is 5.72. The molecule has 0 amide bonds. The standard InChI is InChI=1S/C23H40O2/c1-2-3-4-5-6-7-8-9-10-11-12-13-14-15-16-17-18-22-19-20-25-23(22)21-24/h19-21H,2-18H2,1H3. The van der Waals surface area contributed by atoms with E-state index >= 15 is 0 Å². The lowest BCUT2D eigenvalue weighted by atomic mass is 10.0. The van der Waals surface area contributed by atoms with Crippen LogP contribution < -0.4 is 0 Å². The molecule has 0 aliphatic heterocycles. The predicted octanol–water partition coefficient (Wildman–Crippen LogP) is 7.90. The van der Waals surface area contributed by atoms with Gasteiger partial charge in [0.25, 0.3) is 0 Å². The molecule has 1 aromatic rings. The second-order valence-corrected chi connectivity index (χ2v) is 7.48. The van der Waals surface area contributed by atoms with Crippen LogP contribution in [0.15, 0.2) is 16.7 Å². The fraction of sp³-hybridized carbons (Fsp3) is 0.783. The molecule has 0 radical (unpaired) electrons. The molecule has 1 heterocycles. The third-order valence-electron chi connectivity index (χ3n) is 5.19. The van der Waals surface area contributed by atoms with Gasteiger partial charge in [-0.15, -0.1) is 0 Å². The van der Waals surface area contributed by atoms with Gasteiger partial charge in [-0.2, -0.15) is 0 Å². The zero-order chi connectivity index (χ0) is 18.0. The van der Waals surface area contributed by atoms with E-state index in [2.05, 4.69) is 6.92 Å². The highest BCUT2D eigenvalue weighted by Gasteiger charge is 2.04. The largest absolute Gasteiger partial charge is 0.461 e. The van der Waals surface area contributed by atoms with Crippen LogP contribution in [0.4, 0.5) is 0 Å². The number of hydrogen-bond acceptors (Lipinski definition) is 2. The summed E-state index contributed by atoms with van der Waals surface area (Å²) in [7, 11) is 0. The summed E-state index contributed by atoms with van der Waals surface area (Å²) in [6.07, 6.45) is 25.6. The van der Waals surface area contributed by atoms with E-state index in [0.29, 0.717) is 5.76 Å². The van der Waals surface area contributed by atoms with E-state index in [1.54, 1.807) is 6.26 Å². The highest BCUT2D eigenvalue weighted by atomic mass is 16.3. The number of rotatable bonds is 18. The highest BCUT2D eigenvalue weighted by Crippen LogP contribution is 2.15. The summed E-state index contributed by atoms with van der Waals surface area (Å²) >= 11 is 0. The Balaban J connectivity index is 1.75. The molecule has 0 atom stereocenters. The van der Waals surface area contributed by atoms with Crippen LogP contribution in [0, 0.1) is 0 Å². The quantitative estimate of drug-likeness (QED) is 0.199. The fourth-order valence-corrected chi connectivity index (χ4v) is 3.52. The maximum absolute atomic E-state index is 10.8. The van der Waals surface area contributed by atoms with Crippen molar-refractivity contribution in [1.29, 1.82) is 0 Å². The van der Waals surface area contributed by atoms with Crippen molar-refractivity contribution in [1.82, 2.24) is 0 Å². The molecule has 0 aliphatic carbocycles. The first-order valence-corrected chi connectivity index (χ1v) is 10.9. The zero-order valence-electron chi connectivity index (χ0n) is 16.6. The van der Waals surface area contributed by atoms with Crippen LogP contribution in [0.2, 0.25) is 0 Å². The topological polar surface area (TPSA) is 30.2 Å². The molecule has 1 rings (SSSR count). The Bertz CT molecular complexity index is 408. The van der Waals surface area contributed by atoms with Crippen molar-refractivity contribution in [2.24, 2.45) is 0 Å². The van der Waals surface area contributed by atoms with Crippen molar-refractivity contribution in [3.63, 3.8) is 0 Å². The van der Waals surface area contributed by atoms with E-state index in [1.165, 1.54) is 103 Å². The van der Waals surface area contributed by atoms with Crippen LogP contribution in [-0.4, -0.2) is 6.29 Å². The van der Waals surface area contributed by atoms with Crippen molar-refractivity contribution in [2.75, 3.05) is 0 Å². The van der Waals surface area contributed by atoms with Gasteiger partial charge in [-0.3, -0.25) is 4.79 Å². The molecule has 0 spiro atoms. The molecule has 0 N–H and O–H groups in total. The monoisotopic (exact) mass is 348 g/mol. The molecule has 0 unspecified atom stereocenters. The van der Waals surface area contributed by atoms with Gasteiger partial charge in [0.1, 0.15) is 0 Å². The summed E-state index contributed by atoms with van der Waals surface area (Å²) in [6.45, 7) is 2.28. The molecule has 144 valence electrons. The van der Waals surface area contributed by atoms with Gasteiger partial charge in [0.05, 0.1) is 6.26 Å². The summed E-state index contributed by atoms with van der Waals surface area (Å²) in [5.74, 6) is 0.515. The first kappa shape index (κ1) is 22.0. The van der Waals surface area contributed by atoms with E-state index in [-0.39, 0.29) is 0 Å². The molecular weight excluding hydrogens is 308 g/mol. The summed E-state index contributed by atoms with van der Waals surface area (Å²) in [5, 5.41) is 0. The molecule has 0 bridgehead atoms. The number of carbonyl (C=O) groups excluding carboxylic acids is 1. The minimum Gasteiger partial charge on any atom is -0.461 e. The van der Waals surface area contributed by atoms with E-state index < -0.39 is 0 Å². The average molecular weight is 349 g/mol. The predicted molar refractivity (Wildman–Crippen MR) is 107 cm³/mol. The number of hydrogen-bond donors (Lipinski definition) is 0. The van der Waals surface area contributed by atoms with Gasteiger partial charge in [-0.05, 0) is 18.9 Å². The van der Waals surface area contributed by atoms with Crippen molar-refractivity contribution >= 4 is 6.29 Å². The zero-order valence-corrected chi connectivity index (χ0v) is 16.6. The Labute approximate surface area is 155 Å². The lowest BCUT2D eigenvalue weighted by Crippen LogP contribution is -1.89. The van der Waals surface area contributed by atoms with Gasteiger partial charge in [-0.25, -0.2) is 0 Å². The number of carbonyl (C=O) groups is 1. The molecule has 0 fully saturated rings. The van der Waals surface area contributed by atoms with E-state index in [1.807, 2.05) is 6.07 Å². The Kier molecular flexibility index (Phi) is 14.4. The lowest BCUT2D eigenvalue weighted by molar-refractivity contribution is 0.109. The molecule has 0 aliphatic rings. The number of furan rings is 1. The van der Waals surface area contributed by atoms with Gasteiger partial charge in [0.15, 0.2) is 12.0 Å². The Morgan fingerprint density at radius 2 is 1.16 bits per heavy atom. The van der Waals surface area contributed by atoms with Crippen LogP contribution in [0.1, 0.15) is 126 Å². The van der Waals surface area contributed by atoms with E-state index in [9.17, 15) is 4.79 Å². The van der Waals surface area contributed by atoms with Crippen LogP contribution >= 0.6 is 0 Å². The summed E-state index contributed by atoms with van der Waals surface area (Å²) in [6, 6.07) is 1.93. The van der Waals surface area contributed by atoms with E-state index in [0.717, 1.165) is 18.3 Å². The molecule has 0 aromatic carbocycles. The van der Waals surface area contributed by atoms with E-state index in [4.69, 9.17) is 4.42 Å². The van der Waals surface area contributed by atoms with Crippen molar-refractivity contribution in [3.8, 4) is 0 Å². The molecule has 2 nitrogen and oxygen atoms in total. The maximum Gasteiger partial charge on any atom is 0.185 e. The average Bonchev–Trinajstić information content (AvgIpc) is 3.09. The third-order valence-corrected chi connectivity index (χ3v) is 5.19. The van der Waals surface area contributed by atoms with Crippen LogP contribution in [0.5, 0.6) is 0 Å². The summed E-state index contributed by atoms with van der Waals surface area (Å²) in [5.41, 5.74) is 1.07. The second-order valence-electron chi connectivity index (χ2n) is 7.48. The Morgan fingerprint density at radius 3 is 1.60 bits per heavy atom. The van der Waals surface area contributed by atoms with Gasteiger partial charge < -0.3 is 4.42 Å². The number of aryl methyl sites for hydroxylation is 1. The summed E-state index contributed by atoms with van der Waals surface area (Å²) in [4.78, 5) is 10.8. The first-order chi connectivity index (χ1) is 12.4. The SMILES string of the molecule is CCCCCCCCCCCCCCCCCCc1ccoc1C=O. The van der Waals surface area contributed by atoms with Crippen LogP contribution in [0.3, 0.4) is 0 Å². The smallest absolute Gasteiger partial charge is 0.185 e. The number of aldehydes is 1. The van der Waals surface area contributed by atoms with Crippen molar-refractivity contribution in [2.45, 2.75) is 116 Å². The molecule has 25 heavy (non-hydrogen) atoms. The molecule has 1 aromatic heterocycles. The van der Waals surface area contributed by atoms with Crippen molar-refractivity contribution < 1.29 is 9.21 Å². The molecule has 2 heteroatoms. The molecular formula is C23H40O2. The second kappa shape index (κ2) is 16.4. The van der Waals surface area contributed by atoms with Crippen LogP contribution in [-0.2, 0) is 6.42 Å². The van der Waals surface area contributed by atoms with Gasteiger partial charge >= 0.3 is 0 Å². The molecule has 0 saturated heterocycles. The van der Waals surface area contributed by atoms with Crippen molar-refractivity contribution in [3.05, 3.63) is 23.7 Å². The summed E-state index contributed by atoms with van der Waals surface area (Å²) < 4.78 is 5.13. The van der Waals surface area contributed by atoms with Gasteiger partial charge in [0.2, 0.25) is 0 Å². The Morgan fingerprint density at radius 1 is 0.720 bits per heavy atom. The van der Waals surface area contributed by atoms with Crippen LogP contribution in [0.25, 0.3) is 0 Å². The third kappa shape index (κ3) is 12.0. The molecule has 0 saturated carbocycles. The van der Waals surface area contributed by atoms with Gasteiger partial charge in [-0.1, -0.05) is 103 Å². The maximum atomic E-state index is 10.8. The minimum atomic E-state index is 0.515. The number of unbranched alkanes of at least 4 members (excludes halogenated alkanes) is 15.